The van der Waals surface area contributed by atoms with Crippen molar-refractivity contribution in [1.82, 2.24) is 0 Å². The second-order valence-electron chi connectivity index (χ2n) is 9.05. The van der Waals surface area contributed by atoms with E-state index < -0.39 is 12.1 Å². The van der Waals surface area contributed by atoms with Crippen molar-refractivity contribution in [3.63, 3.8) is 0 Å². The molecule has 0 saturated heterocycles. The normalized spacial score (nSPS) is 27.4. The third kappa shape index (κ3) is 7.63. The molecule has 5 heteroatoms. The van der Waals surface area contributed by atoms with Gasteiger partial charge in [-0.05, 0) is 82.6 Å². The van der Waals surface area contributed by atoms with E-state index in [2.05, 4.69) is 32.9 Å². The molecule has 2 rings (SSSR count). The topological polar surface area (TPSA) is 87.0 Å². The van der Waals surface area contributed by atoms with E-state index in [1.54, 1.807) is 0 Å². The fourth-order valence-electron chi connectivity index (χ4n) is 4.71. The number of carboxylic acid groups (broad SMARTS) is 1. The molecule has 0 amide bonds. The van der Waals surface area contributed by atoms with Crippen molar-refractivity contribution in [2.45, 2.75) is 71.8 Å². The average Bonchev–Trinajstić information content (AvgIpc) is 3.13. The molecule has 29 heavy (non-hydrogen) atoms. The van der Waals surface area contributed by atoms with E-state index in [4.69, 9.17) is 9.84 Å². The van der Waals surface area contributed by atoms with Gasteiger partial charge in [0.1, 0.15) is 6.61 Å². The van der Waals surface area contributed by atoms with E-state index in [9.17, 15) is 15.0 Å². The second-order valence-corrected chi connectivity index (χ2v) is 9.05. The number of hydrogen-bond donors (Lipinski definition) is 3. The standard InChI is InChI=1S/C24H38O5/c1-16(2)6-4-7-17(3)8-5-9-21(25)24-20-13-18(10-11-29-15-23(27)28)12-19(20)14-22(24)26/h6,9,12,17,19-20,22,24-26H,4-5,7-8,10-11,13-15H2,1-3H3,(H,27,28)/t17-,19-,20-,22+,24-/m1/s1. The summed E-state index contributed by atoms with van der Waals surface area (Å²) in [7, 11) is 0. The Balaban J connectivity index is 1.79. The molecular formula is C24H38O5. The molecule has 0 bridgehead atoms. The number of allylic oxidation sites excluding steroid dienone is 4. The summed E-state index contributed by atoms with van der Waals surface area (Å²) in [6.45, 7) is 6.63. The Labute approximate surface area is 175 Å². The van der Waals surface area contributed by atoms with Crippen LogP contribution in [0.15, 0.2) is 35.1 Å². The molecule has 0 radical (unpaired) electrons. The molecule has 3 N–H and O–H groups in total. The molecule has 0 aromatic carbocycles. The molecule has 0 aromatic rings. The predicted molar refractivity (Wildman–Crippen MR) is 115 cm³/mol. The SMILES string of the molecule is CC(C)=CCC[C@@H](C)CCC=C(O)[C@H]1[C@@H]2CC(CCOCC(=O)O)=C[C@@H]2C[C@@H]1O. The monoisotopic (exact) mass is 406 g/mol. The lowest BCUT2D eigenvalue weighted by Crippen LogP contribution is -2.22. The molecule has 2 aliphatic rings. The molecule has 0 aliphatic heterocycles. The number of carbonyl (C=O) groups is 1. The molecule has 164 valence electrons. The maximum atomic E-state index is 10.7. The average molecular weight is 407 g/mol. The summed E-state index contributed by atoms with van der Waals surface area (Å²) in [5.41, 5.74) is 2.61. The maximum Gasteiger partial charge on any atom is 0.329 e. The van der Waals surface area contributed by atoms with E-state index in [-0.39, 0.29) is 18.4 Å². The quantitative estimate of drug-likeness (QED) is 0.240. The molecule has 0 heterocycles. The first-order valence-electron chi connectivity index (χ1n) is 11.0. The largest absolute Gasteiger partial charge is 0.512 e. The maximum absolute atomic E-state index is 10.7. The van der Waals surface area contributed by atoms with Crippen LogP contribution in [-0.2, 0) is 9.53 Å². The number of aliphatic hydroxyl groups is 2. The Hall–Kier alpha value is -1.59. The van der Waals surface area contributed by atoms with Gasteiger partial charge in [-0.3, -0.25) is 0 Å². The van der Waals surface area contributed by atoms with Crippen molar-refractivity contribution in [1.29, 1.82) is 0 Å². The Morgan fingerprint density at radius 1 is 1.24 bits per heavy atom. The van der Waals surface area contributed by atoms with E-state index in [0.717, 1.165) is 38.5 Å². The minimum Gasteiger partial charge on any atom is -0.512 e. The van der Waals surface area contributed by atoms with Gasteiger partial charge in [0.05, 0.1) is 18.5 Å². The van der Waals surface area contributed by atoms with E-state index in [1.165, 1.54) is 11.1 Å². The van der Waals surface area contributed by atoms with Crippen molar-refractivity contribution >= 4 is 5.97 Å². The van der Waals surface area contributed by atoms with Crippen molar-refractivity contribution in [3.05, 3.63) is 35.1 Å². The summed E-state index contributed by atoms with van der Waals surface area (Å²) in [6.07, 6.45) is 12.3. The van der Waals surface area contributed by atoms with E-state index in [0.29, 0.717) is 30.6 Å². The number of fused-ring (bicyclic) bond motifs is 1. The zero-order chi connectivity index (χ0) is 21.4. The summed E-state index contributed by atoms with van der Waals surface area (Å²) >= 11 is 0. The van der Waals surface area contributed by atoms with E-state index >= 15 is 0 Å². The number of carboxylic acids is 1. The van der Waals surface area contributed by atoms with Gasteiger partial charge in [-0.15, -0.1) is 0 Å². The lowest BCUT2D eigenvalue weighted by molar-refractivity contribution is -0.142. The summed E-state index contributed by atoms with van der Waals surface area (Å²) in [5, 5.41) is 29.8. The van der Waals surface area contributed by atoms with Crippen LogP contribution in [-0.4, -0.2) is 40.6 Å². The molecule has 5 nitrogen and oxygen atoms in total. The number of aliphatic hydroxyl groups excluding tert-OH is 2. The lowest BCUT2D eigenvalue weighted by Gasteiger charge is -2.21. The minimum absolute atomic E-state index is 0.185. The van der Waals surface area contributed by atoms with Crippen LogP contribution in [0.3, 0.4) is 0 Å². The van der Waals surface area contributed by atoms with Gasteiger partial charge in [0, 0.05) is 5.92 Å². The Morgan fingerprint density at radius 2 is 1.93 bits per heavy atom. The first-order valence-corrected chi connectivity index (χ1v) is 11.0. The van der Waals surface area contributed by atoms with Crippen molar-refractivity contribution in [2.75, 3.05) is 13.2 Å². The number of aliphatic carboxylic acids is 1. The first-order chi connectivity index (χ1) is 13.8. The fourth-order valence-corrected chi connectivity index (χ4v) is 4.71. The third-order valence-corrected chi connectivity index (χ3v) is 6.25. The van der Waals surface area contributed by atoms with Crippen molar-refractivity contribution in [3.8, 4) is 0 Å². The van der Waals surface area contributed by atoms with Crippen LogP contribution in [0.5, 0.6) is 0 Å². The summed E-state index contributed by atoms with van der Waals surface area (Å²) in [6, 6.07) is 0. The molecule has 0 unspecified atom stereocenters. The Morgan fingerprint density at radius 3 is 2.59 bits per heavy atom. The second kappa shape index (κ2) is 11.6. The predicted octanol–water partition coefficient (Wildman–Crippen LogP) is 5.03. The van der Waals surface area contributed by atoms with Crippen LogP contribution in [0, 0.1) is 23.7 Å². The molecular weight excluding hydrogens is 368 g/mol. The summed E-state index contributed by atoms with van der Waals surface area (Å²) < 4.78 is 5.14. The lowest BCUT2D eigenvalue weighted by atomic mass is 9.87. The zero-order valence-electron chi connectivity index (χ0n) is 18.1. The highest BCUT2D eigenvalue weighted by Crippen LogP contribution is 2.49. The molecule has 1 fully saturated rings. The molecule has 2 aliphatic carbocycles. The van der Waals surface area contributed by atoms with Crippen molar-refractivity contribution < 1.29 is 24.9 Å². The van der Waals surface area contributed by atoms with E-state index in [1.807, 2.05) is 6.08 Å². The van der Waals surface area contributed by atoms with Crippen LogP contribution >= 0.6 is 0 Å². The minimum atomic E-state index is -0.952. The Kier molecular flexibility index (Phi) is 9.44. The van der Waals surface area contributed by atoms with Gasteiger partial charge >= 0.3 is 5.97 Å². The molecule has 0 aromatic heterocycles. The highest BCUT2D eigenvalue weighted by atomic mass is 16.5. The highest BCUT2D eigenvalue weighted by molar-refractivity contribution is 5.67. The number of rotatable bonds is 12. The van der Waals surface area contributed by atoms with Gasteiger partial charge in [0.25, 0.3) is 0 Å². The molecule has 5 atom stereocenters. The van der Waals surface area contributed by atoms with Crippen LogP contribution < -0.4 is 0 Å². The molecule has 1 saturated carbocycles. The fraction of sp³-hybridized carbons (Fsp3) is 0.708. The van der Waals surface area contributed by atoms with Gasteiger partial charge < -0.3 is 20.1 Å². The highest BCUT2D eigenvalue weighted by Gasteiger charge is 2.46. The van der Waals surface area contributed by atoms with Gasteiger partial charge in [-0.2, -0.15) is 0 Å². The van der Waals surface area contributed by atoms with Crippen LogP contribution in [0.4, 0.5) is 0 Å². The third-order valence-electron chi connectivity index (χ3n) is 6.25. The summed E-state index contributed by atoms with van der Waals surface area (Å²) in [4.78, 5) is 10.5. The van der Waals surface area contributed by atoms with Gasteiger partial charge in [0.15, 0.2) is 0 Å². The van der Waals surface area contributed by atoms with Gasteiger partial charge in [0.2, 0.25) is 0 Å². The van der Waals surface area contributed by atoms with Gasteiger partial charge in [-0.1, -0.05) is 30.2 Å². The first kappa shape index (κ1) is 23.7. The zero-order valence-corrected chi connectivity index (χ0v) is 18.1. The summed E-state index contributed by atoms with van der Waals surface area (Å²) in [5.74, 6) is 0.356. The van der Waals surface area contributed by atoms with Crippen LogP contribution in [0.2, 0.25) is 0 Å². The van der Waals surface area contributed by atoms with Crippen molar-refractivity contribution in [2.24, 2.45) is 23.7 Å². The van der Waals surface area contributed by atoms with Gasteiger partial charge in [-0.25, -0.2) is 4.79 Å². The number of hydrogen-bond acceptors (Lipinski definition) is 4. The van der Waals surface area contributed by atoms with Crippen LogP contribution in [0.25, 0.3) is 0 Å². The van der Waals surface area contributed by atoms with Crippen LogP contribution in [0.1, 0.15) is 65.7 Å². The smallest absolute Gasteiger partial charge is 0.329 e. The molecule has 0 spiro atoms. The Bertz CT molecular complexity index is 629. The number of ether oxygens (including phenoxy) is 1.